The van der Waals surface area contributed by atoms with E-state index < -0.39 is 0 Å². The Morgan fingerprint density at radius 3 is 2.87 bits per heavy atom. The Morgan fingerprint density at radius 2 is 2.20 bits per heavy atom. The van der Waals surface area contributed by atoms with Gasteiger partial charge in [0.1, 0.15) is 5.82 Å². The van der Waals surface area contributed by atoms with Gasteiger partial charge in [0.05, 0.1) is 5.69 Å². The zero-order valence-electron chi connectivity index (χ0n) is 9.66. The Kier molecular flexibility index (Phi) is 4.95. The summed E-state index contributed by atoms with van der Waals surface area (Å²) < 4.78 is 0. The smallest absolute Gasteiger partial charge is 0.146 e. The maximum Gasteiger partial charge on any atom is 0.146 e. The molecule has 0 unspecified atom stereocenters. The predicted molar refractivity (Wildman–Crippen MR) is 65.8 cm³/mol. The van der Waals surface area contributed by atoms with Gasteiger partial charge >= 0.3 is 0 Å². The zero-order valence-corrected chi connectivity index (χ0v) is 9.66. The van der Waals surface area contributed by atoms with E-state index in [1.807, 2.05) is 12.1 Å². The first-order valence-corrected chi connectivity index (χ1v) is 5.64. The topological polar surface area (TPSA) is 50.9 Å². The van der Waals surface area contributed by atoms with Gasteiger partial charge in [0.25, 0.3) is 0 Å². The molecule has 0 saturated carbocycles. The first-order valence-electron chi connectivity index (χ1n) is 5.64. The van der Waals surface area contributed by atoms with E-state index in [1.165, 1.54) is 19.3 Å². The molecule has 3 nitrogen and oxygen atoms in total. The molecule has 0 radical (unpaired) electrons. The van der Waals surface area contributed by atoms with E-state index in [2.05, 4.69) is 24.1 Å². The second-order valence-corrected chi connectivity index (χ2v) is 4.25. The quantitative estimate of drug-likeness (QED) is 0.705. The molecule has 1 rings (SSSR count). The largest absolute Gasteiger partial charge is 0.382 e. The second kappa shape index (κ2) is 6.27. The fourth-order valence-electron chi connectivity index (χ4n) is 1.47. The molecule has 0 saturated heterocycles. The third-order valence-electron chi connectivity index (χ3n) is 2.36. The molecule has 3 heteroatoms. The van der Waals surface area contributed by atoms with Gasteiger partial charge in [0, 0.05) is 12.7 Å². The van der Waals surface area contributed by atoms with Crippen LogP contribution in [0.5, 0.6) is 0 Å². The van der Waals surface area contributed by atoms with Gasteiger partial charge in [-0.05, 0) is 24.5 Å². The van der Waals surface area contributed by atoms with E-state index in [0.717, 1.165) is 18.2 Å². The molecule has 0 aliphatic heterocycles. The lowest BCUT2D eigenvalue weighted by Gasteiger charge is -2.08. The SMILES string of the molecule is CC(C)CCCCNc1cccnc1N. The minimum atomic E-state index is 0.585. The van der Waals surface area contributed by atoms with Crippen LogP contribution in [-0.2, 0) is 0 Å². The summed E-state index contributed by atoms with van der Waals surface area (Å²) >= 11 is 0. The van der Waals surface area contributed by atoms with Crippen molar-refractivity contribution in [1.29, 1.82) is 0 Å². The molecule has 0 aliphatic carbocycles. The van der Waals surface area contributed by atoms with Gasteiger partial charge in [-0.1, -0.05) is 26.7 Å². The summed E-state index contributed by atoms with van der Waals surface area (Å²) in [4.78, 5) is 4.02. The average molecular weight is 207 g/mol. The number of nitrogens with zero attached hydrogens (tertiary/aromatic N) is 1. The number of nitrogens with one attached hydrogen (secondary N) is 1. The highest BCUT2D eigenvalue weighted by atomic mass is 14.9. The number of hydrogen-bond acceptors (Lipinski definition) is 3. The monoisotopic (exact) mass is 207 g/mol. The van der Waals surface area contributed by atoms with Crippen LogP contribution in [0.25, 0.3) is 0 Å². The summed E-state index contributed by atoms with van der Waals surface area (Å²) in [5.41, 5.74) is 6.66. The minimum Gasteiger partial charge on any atom is -0.382 e. The molecule has 0 aliphatic rings. The number of aromatic nitrogens is 1. The van der Waals surface area contributed by atoms with E-state index in [9.17, 15) is 0 Å². The average Bonchev–Trinajstić information content (AvgIpc) is 2.20. The predicted octanol–water partition coefficient (Wildman–Crippen LogP) is 2.90. The molecule has 0 aromatic carbocycles. The standard InChI is InChI=1S/C12H21N3/c1-10(2)6-3-4-8-14-11-7-5-9-15-12(11)13/h5,7,9-10,14H,3-4,6,8H2,1-2H3,(H2,13,15). The van der Waals surface area contributed by atoms with Gasteiger partial charge < -0.3 is 11.1 Å². The van der Waals surface area contributed by atoms with Crippen LogP contribution in [0.2, 0.25) is 0 Å². The summed E-state index contributed by atoms with van der Waals surface area (Å²) in [5, 5.41) is 3.30. The zero-order chi connectivity index (χ0) is 11.1. The van der Waals surface area contributed by atoms with E-state index in [1.54, 1.807) is 6.20 Å². The normalized spacial score (nSPS) is 10.6. The number of nitrogens with two attached hydrogens (primary N) is 1. The molecule has 0 amide bonds. The Labute approximate surface area is 92.1 Å². The van der Waals surface area contributed by atoms with Gasteiger partial charge in [0.2, 0.25) is 0 Å². The third-order valence-corrected chi connectivity index (χ3v) is 2.36. The highest BCUT2D eigenvalue weighted by Crippen LogP contribution is 2.14. The van der Waals surface area contributed by atoms with Gasteiger partial charge in [-0.15, -0.1) is 0 Å². The molecular weight excluding hydrogens is 186 g/mol. The first-order chi connectivity index (χ1) is 7.20. The third kappa shape index (κ3) is 4.68. The lowest BCUT2D eigenvalue weighted by molar-refractivity contribution is 0.545. The molecule has 15 heavy (non-hydrogen) atoms. The molecule has 0 fully saturated rings. The highest BCUT2D eigenvalue weighted by Gasteiger charge is 1.97. The molecule has 0 bridgehead atoms. The molecule has 0 spiro atoms. The number of nitrogen functional groups attached to an aromatic ring is 1. The van der Waals surface area contributed by atoms with Crippen LogP contribution in [0.1, 0.15) is 33.1 Å². The molecule has 1 aromatic rings. The lowest BCUT2D eigenvalue weighted by atomic mass is 10.1. The van der Waals surface area contributed by atoms with Crippen molar-refractivity contribution in [3.8, 4) is 0 Å². The van der Waals surface area contributed by atoms with Gasteiger partial charge in [0.15, 0.2) is 0 Å². The maximum atomic E-state index is 5.71. The van der Waals surface area contributed by atoms with Crippen LogP contribution in [0.4, 0.5) is 11.5 Å². The van der Waals surface area contributed by atoms with E-state index in [4.69, 9.17) is 5.73 Å². The van der Waals surface area contributed by atoms with Crippen molar-refractivity contribution >= 4 is 11.5 Å². The number of anilines is 2. The Morgan fingerprint density at radius 1 is 1.40 bits per heavy atom. The molecule has 84 valence electrons. The van der Waals surface area contributed by atoms with Crippen molar-refractivity contribution in [2.45, 2.75) is 33.1 Å². The summed E-state index contributed by atoms with van der Waals surface area (Å²) in [5.74, 6) is 1.38. The summed E-state index contributed by atoms with van der Waals surface area (Å²) in [7, 11) is 0. The van der Waals surface area contributed by atoms with Crippen LogP contribution in [-0.4, -0.2) is 11.5 Å². The first kappa shape index (κ1) is 11.8. The van der Waals surface area contributed by atoms with E-state index in [0.29, 0.717) is 5.82 Å². The lowest BCUT2D eigenvalue weighted by Crippen LogP contribution is -2.05. The van der Waals surface area contributed by atoms with Crippen molar-refractivity contribution in [2.24, 2.45) is 5.92 Å². The van der Waals surface area contributed by atoms with Crippen molar-refractivity contribution in [3.63, 3.8) is 0 Å². The minimum absolute atomic E-state index is 0.585. The van der Waals surface area contributed by atoms with Crippen LogP contribution >= 0.6 is 0 Å². The van der Waals surface area contributed by atoms with Gasteiger partial charge in [-0.25, -0.2) is 4.98 Å². The van der Waals surface area contributed by atoms with E-state index >= 15 is 0 Å². The Hall–Kier alpha value is -1.25. The molecule has 0 atom stereocenters. The molecule has 1 heterocycles. The van der Waals surface area contributed by atoms with Crippen molar-refractivity contribution in [2.75, 3.05) is 17.6 Å². The fraction of sp³-hybridized carbons (Fsp3) is 0.583. The van der Waals surface area contributed by atoms with Gasteiger partial charge in [-0.3, -0.25) is 0 Å². The number of hydrogen-bond donors (Lipinski definition) is 2. The summed E-state index contributed by atoms with van der Waals surface area (Å²) in [6.45, 7) is 5.49. The van der Waals surface area contributed by atoms with Crippen molar-refractivity contribution in [1.82, 2.24) is 4.98 Å². The Bertz CT molecular complexity index is 284. The van der Waals surface area contributed by atoms with Crippen LogP contribution in [0.15, 0.2) is 18.3 Å². The van der Waals surface area contributed by atoms with Crippen molar-refractivity contribution < 1.29 is 0 Å². The van der Waals surface area contributed by atoms with E-state index in [-0.39, 0.29) is 0 Å². The molecule has 3 N–H and O–H groups in total. The Balaban J connectivity index is 2.18. The fourth-order valence-corrected chi connectivity index (χ4v) is 1.47. The van der Waals surface area contributed by atoms with Crippen LogP contribution in [0.3, 0.4) is 0 Å². The molecular formula is C12H21N3. The second-order valence-electron chi connectivity index (χ2n) is 4.25. The van der Waals surface area contributed by atoms with Crippen LogP contribution in [0, 0.1) is 5.92 Å². The highest BCUT2D eigenvalue weighted by molar-refractivity contribution is 5.60. The molecule has 1 aromatic heterocycles. The van der Waals surface area contributed by atoms with Crippen molar-refractivity contribution in [3.05, 3.63) is 18.3 Å². The number of pyridine rings is 1. The summed E-state index contributed by atoms with van der Waals surface area (Å²) in [6.07, 6.45) is 5.46. The number of rotatable bonds is 6. The summed E-state index contributed by atoms with van der Waals surface area (Å²) in [6, 6.07) is 3.86. The number of unbranched alkanes of at least 4 members (excludes halogenated alkanes) is 1. The van der Waals surface area contributed by atoms with Crippen LogP contribution < -0.4 is 11.1 Å². The van der Waals surface area contributed by atoms with Gasteiger partial charge in [-0.2, -0.15) is 0 Å². The maximum absolute atomic E-state index is 5.71.